The number of carbonyl (C=O) groups is 3. The average molecular weight is 1040 g/mol. The van der Waals surface area contributed by atoms with Crippen LogP contribution in [0.2, 0.25) is 0 Å². The lowest BCUT2D eigenvalue weighted by molar-refractivity contribution is -0.870. The highest BCUT2D eigenvalue weighted by molar-refractivity contribution is 5.70. The van der Waals surface area contributed by atoms with Crippen molar-refractivity contribution < 1.29 is 42.9 Å². The number of likely N-dealkylation sites (N-methyl/N-ethyl adjacent to an activating group) is 1. The summed E-state index contributed by atoms with van der Waals surface area (Å²) in [6.07, 6.45) is 68.5. The van der Waals surface area contributed by atoms with Gasteiger partial charge in [-0.05, 0) is 57.8 Å². The fraction of sp³-hybridized carbons (Fsp3) is 0.800. The molecule has 0 N–H and O–H groups in total. The molecule has 0 aliphatic carbocycles. The number of hydrogen-bond donors (Lipinski definition) is 0. The Balaban J connectivity index is 4.10. The second-order valence-electron chi connectivity index (χ2n) is 22.0. The number of carboxylic acid groups (broad SMARTS) is 1. The number of rotatable bonds is 57. The second kappa shape index (κ2) is 56.2. The fourth-order valence-corrected chi connectivity index (χ4v) is 8.80. The highest BCUT2D eigenvalue weighted by Gasteiger charge is 2.22. The Kier molecular flexibility index (Phi) is 53.9. The maximum absolute atomic E-state index is 12.9. The van der Waals surface area contributed by atoms with Gasteiger partial charge >= 0.3 is 11.9 Å². The Hall–Kier alpha value is -3.01. The topological polar surface area (TPSA) is 111 Å². The Labute approximate surface area is 456 Å². The summed E-state index contributed by atoms with van der Waals surface area (Å²) >= 11 is 0. The van der Waals surface area contributed by atoms with Gasteiger partial charge in [0.1, 0.15) is 13.2 Å². The summed E-state index contributed by atoms with van der Waals surface area (Å²) in [5.41, 5.74) is 0. The molecule has 0 heterocycles. The first kappa shape index (κ1) is 71.0. The molecule has 0 saturated heterocycles. The third-order valence-electron chi connectivity index (χ3n) is 13.5. The predicted molar refractivity (Wildman–Crippen MR) is 311 cm³/mol. The molecule has 0 fully saturated rings. The van der Waals surface area contributed by atoms with Gasteiger partial charge in [-0.25, -0.2) is 0 Å². The molecule has 0 saturated carbocycles. The van der Waals surface area contributed by atoms with Crippen molar-refractivity contribution in [2.24, 2.45) is 0 Å². The van der Waals surface area contributed by atoms with Crippen molar-refractivity contribution in [1.29, 1.82) is 0 Å². The lowest BCUT2D eigenvalue weighted by atomic mass is 10.0. The number of quaternary nitrogens is 1. The van der Waals surface area contributed by atoms with Crippen LogP contribution in [-0.4, -0.2) is 82.3 Å². The van der Waals surface area contributed by atoms with E-state index in [4.69, 9.17) is 18.9 Å². The molecular weight excluding hydrogens is 923 g/mol. The van der Waals surface area contributed by atoms with Gasteiger partial charge in [0.2, 0.25) is 0 Å². The van der Waals surface area contributed by atoms with Gasteiger partial charge in [-0.3, -0.25) is 9.59 Å². The van der Waals surface area contributed by atoms with E-state index >= 15 is 0 Å². The standard InChI is InChI=1S/C65H117NO8/c1-6-8-10-12-14-16-18-20-22-24-25-26-27-28-29-30-31-32-33-34-35-36-37-38-39-40-42-44-46-48-50-52-54-56-63(68)74-61(60-73-65(64(69)70)71-58-57-66(3,4)5)59-72-62(67)55-53-51-49-47-45-43-41-23-21-19-17-15-13-11-9-7-2/h8,10,14,16,20,22,25-26,28-29,61,65H,6-7,9,11-13,15,17-19,21,23-24,27,30-60H2,1-5H3/b10-8-,16-14-,22-20-,26-25-,29-28-. The van der Waals surface area contributed by atoms with Gasteiger partial charge < -0.3 is 33.3 Å². The first-order valence-electron chi connectivity index (χ1n) is 30.9. The number of carbonyl (C=O) groups excluding carboxylic acids is 3. The zero-order valence-electron chi connectivity index (χ0n) is 49.0. The molecule has 0 radical (unpaired) electrons. The van der Waals surface area contributed by atoms with E-state index in [0.29, 0.717) is 23.9 Å². The van der Waals surface area contributed by atoms with Crippen molar-refractivity contribution in [3.8, 4) is 0 Å². The minimum Gasteiger partial charge on any atom is -0.545 e. The van der Waals surface area contributed by atoms with E-state index in [9.17, 15) is 19.5 Å². The molecule has 0 aliphatic rings. The number of esters is 2. The third-order valence-corrected chi connectivity index (χ3v) is 13.5. The van der Waals surface area contributed by atoms with Gasteiger partial charge in [-0.1, -0.05) is 267 Å². The van der Waals surface area contributed by atoms with Crippen molar-refractivity contribution in [2.45, 2.75) is 289 Å². The summed E-state index contributed by atoms with van der Waals surface area (Å²) < 4.78 is 22.7. The van der Waals surface area contributed by atoms with Gasteiger partial charge in [-0.2, -0.15) is 0 Å². The van der Waals surface area contributed by atoms with E-state index < -0.39 is 24.3 Å². The monoisotopic (exact) mass is 1040 g/mol. The zero-order chi connectivity index (χ0) is 54.1. The number of aliphatic carboxylic acids is 1. The smallest absolute Gasteiger partial charge is 0.306 e. The molecule has 0 aromatic heterocycles. The predicted octanol–water partition coefficient (Wildman–Crippen LogP) is 17.1. The largest absolute Gasteiger partial charge is 0.545 e. The maximum atomic E-state index is 12.9. The molecule has 0 amide bonds. The molecule has 0 bridgehead atoms. The van der Waals surface area contributed by atoms with Gasteiger partial charge in [0, 0.05) is 12.8 Å². The molecule has 430 valence electrons. The first-order valence-corrected chi connectivity index (χ1v) is 30.9. The number of hydrogen-bond acceptors (Lipinski definition) is 8. The number of unbranched alkanes of at least 4 members (excludes halogenated alkanes) is 32. The lowest BCUT2D eigenvalue weighted by Gasteiger charge is -2.26. The van der Waals surface area contributed by atoms with E-state index in [-0.39, 0.29) is 32.2 Å². The van der Waals surface area contributed by atoms with Crippen molar-refractivity contribution in [3.63, 3.8) is 0 Å². The molecule has 0 aromatic rings. The van der Waals surface area contributed by atoms with Crippen LogP contribution in [0.3, 0.4) is 0 Å². The van der Waals surface area contributed by atoms with Gasteiger partial charge in [0.25, 0.3) is 0 Å². The molecule has 0 aliphatic heterocycles. The van der Waals surface area contributed by atoms with Crippen molar-refractivity contribution >= 4 is 17.9 Å². The van der Waals surface area contributed by atoms with E-state index in [1.165, 1.54) is 180 Å². The van der Waals surface area contributed by atoms with Crippen LogP contribution < -0.4 is 5.11 Å². The summed E-state index contributed by atoms with van der Waals surface area (Å²) in [6.45, 7) is 4.67. The van der Waals surface area contributed by atoms with Crippen molar-refractivity contribution in [2.75, 3.05) is 47.5 Å². The highest BCUT2D eigenvalue weighted by Crippen LogP contribution is 2.17. The molecule has 0 aromatic carbocycles. The molecule has 9 heteroatoms. The summed E-state index contributed by atoms with van der Waals surface area (Å²) in [7, 11) is 5.93. The molecular formula is C65H117NO8. The zero-order valence-corrected chi connectivity index (χ0v) is 49.0. The third kappa shape index (κ3) is 56.7. The minimum atomic E-state index is -1.62. The minimum absolute atomic E-state index is 0.149. The molecule has 2 atom stereocenters. The maximum Gasteiger partial charge on any atom is 0.306 e. The molecule has 0 rings (SSSR count). The van der Waals surface area contributed by atoms with Crippen LogP contribution in [0.4, 0.5) is 0 Å². The number of allylic oxidation sites excluding steroid dienone is 10. The fourth-order valence-electron chi connectivity index (χ4n) is 8.80. The quantitative estimate of drug-likeness (QED) is 0.0195. The summed E-state index contributed by atoms with van der Waals surface area (Å²) in [6, 6.07) is 0. The summed E-state index contributed by atoms with van der Waals surface area (Å²) in [5, 5.41) is 11.8. The molecule has 74 heavy (non-hydrogen) atoms. The Morgan fingerprint density at radius 3 is 1.15 bits per heavy atom. The first-order chi connectivity index (χ1) is 36.1. The van der Waals surface area contributed by atoms with Gasteiger partial charge in [-0.15, -0.1) is 0 Å². The van der Waals surface area contributed by atoms with Crippen molar-refractivity contribution in [1.82, 2.24) is 0 Å². The van der Waals surface area contributed by atoms with Crippen molar-refractivity contribution in [3.05, 3.63) is 60.8 Å². The number of carboxylic acids is 1. The van der Waals surface area contributed by atoms with E-state index in [1.54, 1.807) is 0 Å². The second-order valence-corrected chi connectivity index (χ2v) is 22.0. The molecule has 0 spiro atoms. The SMILES string of the molecule is CC/C=C\C/C=C\C/C=C\C/C=C\C/C=C\CCCCCCCCCCCCCCCCCCCC(=O)OC(COC(=O)CCCCCCCCCCCCCCCCCC)COC(OCC[N+](C)(C)C)C(=O)[O-]. The van der Waals surface area contributed by atoms with Crippen LogP contribution >= 0.6 is 0 Å². The Morgan fingerprint density at radius 1 is 0.419 bits per heavy atom. The van der Waals surface area contributed by atoms with E-state index in [2.05, 4.69) is 74.6 Å². The van der Waals surface area contributed by atoms with Gasteiger partial charge in [0.15, 0.2) is 12.4 Å². The summed E-state index contributed by atoms with van der Waals surface area (Å²) in [5.74, 6) is -2.27. The van der Waals surface area contributed by atoms with Crippen LogP contribution in [0.25, 0.3) is 0 Å². The van der Waals surface area contributed by atoms with Crippen LogP contribution in [-0.2, 0) is 33.3 Å². The van der Waals surface area contributed by atoms with Crippen LogP contribution in [0.5, 0.6) is 0 Å². The van der Waals surface area contributed by atoms with E-state index in [1.807, 2.05) is 21.1 Å². The average Bonchev–Trinajstić information content (AvgIpc) is 3.37. The van der Waals surface area contributed by atoms with Crippen LogP contribution in [0.1, 0.15) is 277 Å². The summed E-state index contributed by atoms with van der Waals surface area (Å²) in [4.78, 5) is 37.3. The number of nitrogens with zero attached hydrogens (tertiary/aromatic N) is 1. The molecule has 9 nitrogen and oxygen atoms in total. The van der Waals surface area contributed by atoms with E-state index in [0.717, 1.165) is 64.2 Å². The lowest BCUT2D eigenvalue weighted by Crippen LogP contribution is -2.44. The van der Waals surface area contributed by atoms with Gasteiger partial charge in [0.05, 0.1) is 40.3 Å². The number of ether oxygens (including phenoxy) is 4. The Bertz CT molecular complexity index is 1400. The van der Waals surface area contributed by atoms with Crippen LogP contribution in [0.15, 0.2) is 60.8 Å². The van der Waals surface area contributed by atoms with Crippen LogP contribution in [0, 0.1) is 0 Å². The Morgan fingerprint density at radius 2 is 0.770 bits per heavy atom. The molecule has 2 unspecified atom stereocenters. The normalized spacial score (nSPS) is 13.1. The highest BCUT2D eigenvalue weighted by atomic mass is 16.7.